The second kappa shape index (κ2) is 7.26. The number of aromatic nitrogens is 3. The second-order valence-corrected chi connectivity index (χ2v) is 7.26. The van der Waals surface area contributed by atoms with Crippen molar-refractivity contribution in [3.63, 3.8) is 0 Å². The van der Waals surface area contributed by atoms with E-state index in [9.17, 15) is 5.11 Å². The number of anilines is 1. The predicted octanol–water partition coefficient (Wildman–Crippen LogP) is 0.338. The molecule has 0 amide bonds. The van der Waals surface area contributed by atoms with Crippen LogP contribution in [0.3, 0.4) is 0 Å². The number of pyridine rings is 1. The second-order valence-electron chi connectivity index (χ2n) is 7.26. The van der Waals surface area contributed by atoms with Gasteiger partial charge in [0.05, 0.1) is 17.8 Å². The smallest absolute Gasteiger partial charge is 0.180 e. The number of rotatable bonds is 3. The SMILES string of the molecule is CN(C)[C@H]1CN(c2nc(-c3ccccn3)nc3c2CCNCC3)C[C@@H]1O. The molecule has 4 rings (SSSR count). The van der Waals surface area contributed by atoms with Gasteiger partial charge in [-0.3, -0.25) is 4.98 Å². The third-order valence-corrected chi connectivity index (χ3v) is 5.28. The van der Waals surface area contributed by atoms with Crippen molar-refractivity contribution in [2.45, 2.75) is 25.0 Å². The fourth-order valence-electron chi connectivity index (χ4n) is 3.85. The van der Waals surface area contributed by atoms with E-state index < -0.39 is 0 Å². The molecule has 0 aromatic carbocycles. The minimum Gasteiger partial charge on any atom is -0.390 e. The van der Waals surface area contributed by atoms with Crippen molar-refractivity contribution in [3.8, 4) is 11.5 Å². The molecule has 0 saturated carbocycles. The summed E-state index contributed by atoms with van der Waals surface area (Å²) < 4.78 is 0. The topological polar surface area (TPSA) is 77.4 Å². The number of nitrogens with zero attached hydrogens (tertiary/aromatic N) is 5. The van der Waals surface area contributed by atoms with E-state index in [4.69, 9.17) is 9.97 Å². The number of β-amino-alcohol motifs (C(OH)–C–C–N with tert-alkyl or cyclic N) is 1. The summed E-state index contributed by atoms with van der Waals surface area (Å²) in [7, 11) is 4.03. The van der Waals surface area contributed by atoms with Crippen molar-refractivity contribution in [2.75, 3.05) is 45.2 Å². The Labute approximate surface area is 154 Å². The maximum atomic E-state index is 10.5. The largest absolute Gasteiger partial charge is 0.390 e. The van der Waals surface area contributed by atoms with Gasteiger partial charge in [0.15, 0.2) is 5.82 Å². The Morgan fingerprint density at radius 3 is 2.73 bits per heavy atom. The Kier molecular flexibility index (Phi) is 4.84. The number of hydrogen-bond acceptors (Lipinski definition) is 7. The summed E-state index contributed by atoms with van der Waals surface area (Å²) in [6.07, 6.45) is 3.19. The van der Waals surface area contributed by atoms with E-state index in [-0.39, 0.29) is 12.1 Å². The molecule has 2 aromatic heterocycles. The highest BCUT2D eigenvalue weighted by molar-refractivity contribution is 5.59. The first-order chi connectivity index (χ1) is 12.6. The van der Waals surface area contributed by atoms with E-state index in [1.807, 2.05) is 32.3 Å². The van der Waals surface area contributed by atoms with Gasteiger partial charge in [0.2, 0.25) is 0 Å². The molecule has 2 aliphatic heterocycles. The van der Waals surface area contributed by atoms with Gasteiger partial charge in [0.25, 0.3) is 0 Å². The minimum atomic E-state index is -0.377. The molecule has 7 heteroatoms. The van der Waals surface area contributed by atoms with Crippen LogP contribution in [0.15, 0.2) is 24.4 Å². The van der Waals surface area contributed by atoms with Crippen LogP contribution in [0, 0.1) is 0 Å². The van der Waals surface area contributed by atoms with Crippen LogP contribution in [0.2, 0.25) is 0 Å². The van der Waals surface area contributed by atoms with Gasteiger partial charge in [-0.1, -0.05) is 6.07 Å². The first-order valence-electron chi connectivity index (χ1n) is 9.25. The van der Waals surface area contributed by atoms with Crippen molar-refractivity contribution >= 4 is 5.82 Å². The fourth-order valence-corrected chi connectivity index (χ4v) is 3.85. The molecule has 1 saturated heterocycles. The average Bonchev–Trinajstić information content (AvgIpc) is 2.88. The van der Waals surface area contributed by atoms with Gasteiger partial charge in [-0.05, 0) is 39.2 Å². The molecule has 0 aliphatic carbocycles. The van der Waals surface area contributed by atoms with Crippen LogP contribution >= 0.6 is 0 Å². The van der Waals surface area contributed by atoms with E-state index in [0.29, 0.717) is 12.4 Å². The van der Waals surface area contributed by atoms with Crippen molar-refractivity contribution in [3.05, 3.63) is 35.7 Å². The maximum absolute atomic E-state index is 10.5. The number of aliphatic hydroxyl groups is 1. The summed E-state index contributed by atoms with van der Waals surface area (Å²) in [6, 6.07) is 5.92. The van der Waals surface area contributed by atoms with Crippen LogP contribution in [-0.2, 0) is 12.8 Å². The van der Waals surface area contributed by atoms with Crippen LogP contribution in [0.4, 0.5) is 5.82 Å². The first-order valence-corrected chi connectivity index (χ1v) is 9.25. The standard InChI is InChI=1S/C19H26N6O/c1-24(2)16-11-25(12-17(16)26)19-13-6-9-20-10-7-14(13)22-18(23-19)15-5-3-4-8-21-15/h3-5,8,16-17,20,26H,6-7,9-12H2,1-2H3/t16-,17-/m0/s1. The number of likely N-dealkylation sites (N-methyl/N-ethyl adjacent to an activating group) is 1. The molecular weight excluding hydrogens is 328 g/mol. The first kappa shape index (κ1) is 17.3. The molecule has 26 heavy (non-hydrogen) atoms. The fraction of sp³-hybridized carbons (Fsp3) is 0.526. The minimum absolute atomic E-state index is 0.114. The summed E-state index contributed by atoms with van der Waals surface area (Å²) in [4.78, 5) is 18.5. The van der Waals surface area contributed by atoms with Gasteiger partial charge in [-0.2, -0.15) is 0 Å². The number of hydrogen-bond donors (Lipinski definition) is 2. The molecule has 7 nitrogen and oxygen atoms in total. The normalized spacial score (nSPS) is 23.2. The highest BCUT2D eigenvalue weighted by Gasteiger charge is 2.35. The van der Waals surface area contributed by atoms with E-state index in [2.05, 4.69) is 20.1 Å². The van der Waals surface area contributed by atoms with E-state index in [1.165, 1.54) is 5.56 Å². The van der Waals surface area contributed by atoms with Crippen molar-refractivity contribution in [2.24, 2.45) is 0 Å². The zero-order valence-electron chi connectivity index (χ0n) is 15.4. The number of nitrogens with one attached hydrogen (secondary N) is 1. The molecule has 0 spiro atoms. The quantitative estimate of drug-likeness (QED) is 0.823. The molecule has 2 atom stereocenters. The Balaban J connectivity index is 1.77. The van der Waals surface area contributed by atoms with Crippen LogP contribution in [0.1, 0.15) is 11.3 Å². The third kappa shape index (κ3) is 3.30. The summed E-state index contributed by atoms with van der Waals surface area (Å²) in [5.41, 5.74) is 3.10. The lowest BCUT2D eigenvalue weighted by Crippen LogP contribution is -2.38. The summed E-state index contributed by atoms with van der Waals surface area (Å²) in [6.45, 7) is 3.22. The highest BCUT2D eigenvalue weighted by atomic mass is 16.3. The van der Waals surface area contributed by atoms with Crippen molar-refractivity contribution < 1.29 is 5.11 Å². The molecule has 2 aliphatic rings. The molecule has 4 heterocycles. The molecule has 138 valence electrons. The lowest BCUT2D eigenvalue weighted by atomic mass is 10.1. The maximum Gasteiger partial charge on any atom is 0.180 e. The van der Waals surface area contributed by atoms with Crippen molar-refractivity contribution in [1.29, 1.82) is 0 Å². The molecule has 0 radical (unpaired) electrons. The predicted molar refractivity (Wildman–Crippen MR) is 101 cm³/mol. The lowest BCUT2D eigenvalue weighted by molar-refractivity contribution is 0.114. The van der Waals surface area contributed by atoms with Gasteiger partial charge >= 0.3 is 0 Å². The average molecular weight is 354 g/mol. The molecular formula is C19H26N6O. The summed E-state index contributed by atoms with van der Waals surface area (Å²) in [5, 5.41) is 13.9. The lowest BCUT2D eigenvalue weighted by Gasteiger charge is -2.24. The zero-order chi connectivity index (χ0) is 18.1. The van der Waals surface area contributed by atoms with Crippen LogP contribution in [0.25, 0.3) is 11.5 Å². The number of fused-ring (bicyclic) bond motifs is 1. The van der Waals surface area contributed by atoms with E-state index in [1.54, 1.807) is 6.20 Å². The third-order valence-electron chi connectivity index (χ3n) is 5.28. The van der Waals surface area contributed by atoms with Crippen LogP contribution in [0.5, 0.6) is 0 Å². The van der Waals surface area contributed by atoms with Gasteiger partial charge in [0.1, 0.15) is 11.5 Å². The summed E-state index contributed by atoms with van der Waals surface area (Å²) in [5.74, 6) is 1.63. The van der Waals surface area contributed by atoms with Gasteiger partial charge in [-0.15, -0.1) is 0 Å². The Morgan fingerprint density at radius 1 is 1.15 bits per heavy atom. The Morgan fingerprint density at radius 2 is 2.00 bits per heavy atom. The number of aliphatic hydroxyl groups excluding tert-OH is 1. The monoisotopic (exact) mass is 354 g/mol. The van der Waals surface area contributed by atoms with Gasteiger partial charge < -0.3 is 20.2 Å². The van der Waals surface area contributed by atoms with Crippen molar-refractivity contribution in [1.82, 2.24) is 25.2 Å². The highest BCUT2D eigenvalue weighted by Crippen LogP contribution is 2.29. The van der Waals surface area contributed by atoms with Crippen LogP contribution < -0.4 is 10.2 Å². The molecule has 2 N–H and O–H groups in total. The van der Waals surface area contributed by atoms with Crippen LogP contribution in [-0.4, -0.2) is 77.4 Å². The Bertz CT molecular complexity index is 766. The Hall–Kier alpha value is -2.09. The summed E-state index contributed by atoms with van der Waals surface area (Å²) >= 11 is 0. The molecule has 0 bridgehead atoms. The molecule has 2 aromatic rings. The molecule has 1 fully saturated rings. The van der Waals surface area contributed by atoms with Gasteiger partial charge in [0, 0.05) is 37.8 Å². The molecule has 0 unspecified atom stereocenters. The van der Waals surface area contributed by atoms with E-state index >= 15 is 0 Å². The van der Waals surface area contributed by atoms with Gasteiger partial charge in [-0.25, -0.2) is 9.97 Å². The zero-order valence-corrected chi connectivity index (χ0v) is 15.4. The van der Waals surface area contributed by atoms with E-state index in [0.717, 1.165) is 49.7 Å².